The van der Waals surface area contributed by atoms with Crippen LogP contribution < -0.4 is 14.8 Å². The minimum atomic E-state index is 0.0716. The quantitative estimate of drug-likeness (QED) is 0.820. The first-order valence-electron chi connectivity index (χ1n) is 5.68. The van der Waals surface area contributed by atoms with Crippen LogP contribution in [-0.2, 0) is 11.2 Å². The Morgan fingerprint density at radius 3 is 2.53 bits per heavy atom. The van der Waals surface area contributed by atoms with Crippen LogP contribution in [0.2, 0.25) is 0 Å². The van der Waals surface area contributed by atoms with Crippen LogP contribution in [0.1, 0.15) is 18.9 Å². The second kappa shape index (κ2) is 6.78. The van der Waals surface area contributed by atoms with E-state index in [-0.39, 0.29) is 5.91 Å². The van der Waals surface area contributed by atoms with Crippen LogP contribution in [0, 0.1) is 0 Å². The lowest BCUT2D eigenvalue weighted by Gasteiger charge is -2.09. The van der Waals surface area contributed by atoms with E-state index in [0.29, 0.717) is 30.9 Å². The summed E-state index contributed by atoms with van der Waals surface area (Å²) in [6, 6.07) is 5.70. The third kappa shape index (κ3) is 3.98. The summed E-state index contributed by atoms with van der Waals surface area (Å²) in [6.45, 7) is 2.58. The molecule has 1 aromatic rings. The summed E-state index contributed by atoms with van der Waals surface area (Å²) in [5.74, 6) is 1.47. The second-order valence-corrected chi connectivity index (χ2v) is 3.64. The fourth-order valence-electron chi connectivity index (χ4n) is 1.58. The molecule has 0 aliphatic rings. The van der Waals surface area contributed by atoms with Crippen LogP contribution in [0.3, 0.4) is 0 Å². The van der Waals surface area contributed by atoms with E-state index < -0.39 is 0 Å². The number of hydrogen-bond donors (Lipinski definition) is 1. The van der Waals surface area contributed by atoms with E-state index in [1.54, 1.807) is 14.2 Å². The van der Waals surface area contributed by atoms with Gasteiger partial charge < -0.3 is 14.8 Å². The maximum absolute atomic E-state index is 11.3. The number of nitrogens with one attached hydrogen (secondary N) is 1. The lowest BCUT2D eigenvalue weighted by molar-refractivity contribution is -0.120. The van der Waals surface area contributed by atoms with Crippen molar-refractivity contribution in [2.45, 2.75) is 19.8 Å². The Morgan fingerprint density at radius 1 is 1.24 bits per heavy atom. The molecule has 1 aromatic carbocycles. The van der Waals surface area contributed by atoms with Crippen LogP contribution in [0.4, 0.5) is 0 Å². The number of hydrogen-bond acceptors (Lipinski definition) is 3. The summed E-state index contributed by atoms with van der Waals surface area (Å²) in [7, 11) is 3.21. The lowest BCUT2D eigenvalue weighted by Crippen LogP contribution is -2.22. The standard InChI is InChI=1S/C13H19NO3/c1-4-14-13(15)8-6-10-5-7-11(16-2)12(9-10)17-3/h5,7,9H,4,6,8H2,1-3H3,(H,14,15). The summed E-state index contributed by atoms with van der Waals surface area (Å²) < 4.78 is 10.4. The minimum Gasteiger partial charge on any atom is -0.493 e. The summed E-state index contributed by atoms with van der Waals surface area (Å²) in [6.07, 6.45) is 1.19. The molecular weight excluding hydrogens is 218 g/mol. The normalized spacial score (nSPS) is 9.82. The fraction of sp³-hybridized carbons (Fsp3) is 0.462. The zero-order chi connectivity index (χ0) is 12.7. The first kappa shape index (κ1) is 13.4. The number of benzene rings is 1. The molecule has 0 saturated heterocycles. The SMILES string of the molecule is CCNC(=O)CCc1ccc(OC)c(OC)c1. The Balaban J connectivity index is 2.63. The van der Waals surface area contributed by atoms with Crippen molar-refractivity contribution in [1.82, 2.24) is 5.32 Å². The van der Waals surface area contributed by atoms with E-state index in [0.717, 1.165) is 5.56 Å². The van der Waals surface area contributed by atoms with Crippen molar-refractivity contribution in [1.29, 1.82) is 0 Å². The van der Waals surface area contributed by atoms with Gasteiger partial charge in [0.05, 0.1) is 14.2 Å². The predicted molar refractivity (Wildman–Crippen MR) is 66.6 cm³/mol. The van der Waals surface area contributed by atoms with Crippen LogP contribution in [0.25, 0.3) is 0 Å². The number of aryl methyl sites for hydroxylation is 1. The van der Waals surface area contributed by atoms with Gasteiger partial charge in [0.25, 0.3) is 0 Å². The molecule has 17 heavy (non-hydrogen) atoms. The fourth-order valence-corrected chi connectivity index (χ4v) is 1.58. The molecule has 0 aliphatic heterocycles. The van der Waals surface area contributed by atoms with Crippen LogP contribution in [0.5, 0.6) is 11.5 Å². The molecular formula is C13H19NO3. The maximum Gasteiger partial charge on any atom is 0.220 e. The van der Waals surface area contributed by atoms with Gasteiger partial charge in [-0.2, -0.15) is 0 Å². The molecule has 0 aliphatic carbocycles. The van der Waals surface area contributed by atoms with Crippen molar-refractivity contribution in [3.05, 3.63) is 23.8 Å². The largest absolute Gasteiger partial charge is 0.493 e. The van der Waals surface area contributed by atoms with Gasteiger partial charge in [0.1, 0.15) is 0 Å². The third-order valence-electron chi connectivity index (χ3n) is 2.46. The average Bonchev–Trinajstić information content (AvgIpc) is 2.36. The highest BCUT2D eigenvalue weighted by atomic mass is 16.5. The molecule has 4 heteroatoms. The Hall–Kier alpha value is -1.71. The van der Waals surface area contributed by atoms with Crippen molar-refractivity contribution >= 4 is 5.91 Å². The van der Waals surface area contributed by atoms with E-state index in [4.69, 9.17) is 9.47 Å². The Labute approximate surface area is 102 Å². The highest BCUT2D eigenvalue weighted by Crippen LogP contribution is 2.27. The molecule has 0 unspecified atom stereocenters. The first-order chi connectivity index (χ1) is 8.21. The van der Waals surface area contributed by atoms with Gasteiger partial charge in [-0.3, -0.25) is 4.79 Å². The Kier molecular flexibility index (Phi) is 5.33. The van der Waals surface area contributed by atoms with Gasteiger partial charge in [-0.1, -0.05) is 6.07 Å². The topological polar surface area (TPSA) is 47.6 Å². The monoisotopic (exact) mass is 237 g/mol. The molecule has 0 spiro atoms. The first-order valence-corrected chi connectivity index (χ1v) is 5.68. The van der Waals surface area contributed by atoms with Crippen molar-refractivity contribution in [2.75, 3.05) is 20.8 Å². The zero-order valence-electron chi connectivity index (χ0n) is 10.6. The maximum atomic E-state index is 11.3. The van der Waals surface area contributed by atoms with E-state index >= 15 is 0 Å². The van der Waals surface area contributed by atoms with Gasteiger partial charge in [-0.05, 0) is 31.0 Å². The molecule has 4 nitrogen and oxygen atoms in total. The van der Waals surface area contributed by atoms with Gasteiger partial charge >= 0.3 is 0 Å². The van der Waals surface area contributed by atoms with Crippen molar-refractivity contribution < 1.29 is 14.3 Å². The molecule has 0 aromatic heterocycles. The van der Waals surface area contributed by atoms with Gasteiger partial charge in [0.15, 0.2) is 11.5 Å². The zero-order valence-corrected chi connectivity index (χ0v) is 10.6. The molecule has 0 saturated carbocycles. The molecule has 0 bridgehead atoms. The van der Waals surface area contributed by atoms with Crippen molar-refractivity contribution in [3.63, 3.8) is 0 Å². The highest BCUT2D eigenvalue weighted by Gasteiger charge is 2.06. The smallest absolute Gasteiger partial charge is 0.220 e. The second-order valence-electron chi connectivity index (χ2n) is 3.64. The summed E-state index contributed by atoms with van der Waals surface area (Å²) in [5.41, 5.74) is 1.06. The van der Waals surface area contributed by atoms with Gasteiger partial charge in [0.2, 0.25) is 5.91 Å². The van der Waals surface area contributed by atoms with Gasteiger partial charge in [-0.25, -0.2) is 0 Å². The molecule has 0 radical (unpaired) electrons. The van der Waals surface area contributed by atoms with Gasteiger partial charge in [0, 0.05) is 13.0 Å². The molecule has 1 N–H and O–H groups in total. The molecule has 1 amide bonds. The van der Waals surface area contributed by atoms with Crippen molar-refractivity contribution in [3.8, 4) is 11.5 Å². The van der Waals surface area contributed by atoms with Crippen LogP contribution in [-0.4, -0.2) is 26.7 Å². The highest BCUT2D eigenvalue weighted by molar-refractivity contribution is 5.76. The molecule has 0 fully saturated rings. The number of ether oxygens (including phenoxy) is 2. The number of rotatable bonds is 6. The summed E-state index contributed by atoms with van der Waals surface area (Å²) in [5, 5.41) is 2.77. The minimum absolute atomic E-state index is 0.0716. The number of amides is 1. The van der Waals surface area contributed by atoms with E-state index in [9.17, 15) is 4.79 Å². The van der Waals surface area contributed by atoms with Gasteiger partial charge in [-0.15, -0.1) is 0 Å². The van der Waals surface area contributed by atoms with E-state index in [1.807, 2.05) is 25.1 Å². The van der Waals surface area contributed by atoms with E-state index in [2.05, 4.69) is 5.32 Å². The third-order valence-corrected chi connectivity index (χ3v) is 2.46. The molecule has 0 heterocycles. The predicted octanol–water partition coefficient (Wildman–Crippen LogP) is 1.77. The lowest BCUT2D eigenvalue weighted by atomic mass is 10.1. The molecule has 1 rings (SSSR count). The van der Waals surface area contributed by atoms with E-state index in [1.165, 1.54) is 0 Å². The average molecular weight is 237 g/mol. The summed E-state index contributed by atoms with van der Waals surface area (Å²) >= 11 is 0. The number of carbonyl (C=O) groups is 1. The summed E-state index contributed by atoms with van der Waals surface area (Å²) in [4.78, 5) is 11.3. The Morgan fingerprint density at radius 2 is 1.94 bits per heavy atom. The van der Waals surface area contributed by atoms with Crippen molar-refractivity contribution in [2.24, 2.45) is 0 Å². The molecule has 0 atom stereocenters. The van der Waals surface area contributed by atoms with Crippen LogP contribution >= 0.6 is 0 Å². The number of methoxy groups -OCH3 is 2. The Bertz CT molecular complexity index is 377. The molecule has 94 valence electrons. The number of carbonyl (C=O) groups excluding carboxylic acids is 1. The van der Waals surface area contributed by atoms with Crippen LogP contribution in [0.15, 0.2) is 18.2 Å².